The van der Waals surface area contributed by atoms with Crippen molar-refractivity contribution in [2.24, 2.45) is 5.73 Å². The number of nitrogens with zero attached hydrogens (tertiary/aromatic N) is 1. The lowest BCUT2D eigenvalue weighted by molar-refractivity contribution is 0.160. The molecule has 0 saturated carbocycles. The van der Waals surface area contributed by atoms with Crippen LogP contribution in [0.4, 0.5) is 0 Å². The maximum absolute atomic E-state index is 9.04. The zero-order valence-electron chi connectivity index (χ0n) is 10.6. The number of hydrogen-bond acceptors (Lipinski definition) is 4. The molecule has 0 spiro atoms. The van der Waals surface area contributed by atoms with Gasteiger partial charge in [0, 0.05) is 19.1 Å². The molecule has 4 nitrogen and oxygen atoms in total. The summed E-state index contributed by atoms with van der Waals surface area (Å²) in [6.45, 7) is 4.28. The van der Waals surface area contributed by atoms with Crippen molar-refractivity contribution in [3.63, 3.8) is 0 Å². The molecule has 1 atom stereocenters. The normalized spacial score (nSPS) is 12.8. The van der Waals surface area contributed by atoms with Gasteiger partial charge in [-0.1, -0.05) is 19.1 Å². The highest BCUT2D eigenvalue weighted by molar-refractivity contribution is 5.29. The maximum atomic E-state index is 9.04. The van der Waals surface area contributed by atoms with Crippen LogP contribution in [0.3, 0.4) is 0 Å². The number of aliphatic hydroxyl groups is 1. The van der Waals surface area contributed by atoms with E-state index in [0.29, 0.717) is 13.1 Å². The van der Waals surface area contributed by atoms with Crippen molar-refractivity contribution in [1.29, 1.82) is 0 Å². The van der Waals surface area contributed by atoms with Crippen LogP contribution in [0.5, 0.6) is 5.75 Å². The third-order valence-electron chi connectivity index (χ3n) is 2.96. The molecule has 0 bridgehead atoms. The Labute approximate surface area is 103 Å². The molecule has 0 aliphatic carbocycles. The number of ether oxygens (including phenoxy) is 1. The van der Waals surface area contributed by atoms with E-state index >= 15 is 0 Å². The minimum atomic E-state index is 0.151. The predicted octanol–water partition coefficient (Wildman–Crippen LogP) is 1.01. The fourth-order valence-electron chi connectivity index (χ4n) is 1.98. The summed E-state index contributed by atoms with van der Waals surface area (Å²) in [5, 5.41) is 9.04. The highest BCUT2D eigenvalue weighted by Gasteiger charge is 2.16. The van der Waals surface area contributed by atoms with Crippen LogP contribution in [0.1, 0.15) is 18.5 Å². The summed E-state index contributed by atoms with van der Waals surface area (Å²) in [6, 6.07) is 8.07. The molecule has 17 heavy (non-hydrogen) atoms. The first kappa shape index (κ1) is 14.0. The fourth-order valence-corrected chi connectivity index (χ4v) is 1.98. The van der Waals surface area contributed by atoms with Crippen molar-refractivity contribution < 1.29 is 9.84 Å². The average molecular weight is 238 g/mol. The molecule has 0 aliphatic heterocycles. The molecule has 0 heterocycles. The lowest BCUT2D eigenvalue weighted by Gasteiger charge is -2.29. The largest absolute Gasteiger partial charge is 0.497 e. The molecule has 0 saturated heterocycles. The van der Waals surface area contributed by atoms with Gasteiger partial charge >= 0.3 is 0 Å². The smallest absolute Gasteiger partial charge is 0.118 e. The summed E-state index contributed by atoms with van der Waals surface area (Å²) in [4.78, 5) is 2.17. The van der Waals surface area contributed by atoms with E-state index in [2.05, 4.69) is 11.8 Å². The molecule has 0 aliphatic rings. The van der Waals surface area contributed by atoms with Gasteiger partial charge in [-0.2, -0.15) is 0 Å². The summed E-state index contributed by atoms with van der Waals surface area (Å²) in [5.41, 5.74) is 6.98. The first-order valence-electron chi connectivity index (χ1n) is 5.95. The number of likely N-dealkylation sites (N-methyl/N-ethyl adjacent to an activating group) is 1. The lowest BCUT2D eigenvalue weighted by atomic mass is 10.1. The molecule has 0 amide bonds. The van der Waals surface area contributed by atoms with Crippen molar-refractivity contribution in [2.45, 2.75) is 13.0 Å². The first-order chi connectivity index (χ1) is 8.26. The molecule has 1 aromatic carbocycles. The van der Waals surface area contributed by atoms with E-state index in [1.165, 1.54) is 0 Å². The van der Waals surface area contributed by atoms with Crippen LogP contribution in [0.15, 0.2) is 24.3 Å². The van der Waals surface area contributed by atoms with Crippen LogP contribution in [0.2, 0.25) is 0 Å². The van der Waals surface area contributed by atoms with Crippen LogP contribution < -0.4 is 10.5 Å². The molecule has 1 rings (SSSR count). The fraction of sp³-hybridized carbons (Fsp3) is 0.538. The number of benzene rings is 1. The molecule has 1 unspecified atom stereocenters. The Morgan fingerprint density at radius 1 is 1.35 bits per heavy atom. The highest BCUT2D eigenvalue weighted by atomic mass is 16.5. The predicted molar refractivity (Wildman–Crippen MR) is 69.1 cm³/mol. The van der Waals surface area contributed by atoms with E-state index in [1.807, 2.05) is 24.3 Å². The second-order valence-corrected chi connectivity index (χ2v) is 3.88. The van der Waals surface area contributed by atoms with Gasteiger partial charge in [-0.25, -0.2) is 0 Å². The Balaban J connectivity index is 2.83. The SMILES string of the molecule is CCN(CCO)C(CN)c1ccc(OC)cc1. The standard InChI is InChI=1S/C13H22N2O2/c1-3-15(8-9-16)13(10-14)11-4-6-12(17-2)7-5-11/h4-7,13,16H,3,8-10,14H2,1-2H3. The molecule has 0 radical (unpaired) electrons. The molecular weight excluding hydrogens is 216 g/mol. The van der Waals surface area contributed by atoms with Crippen LogP contribution >= 0.6 is 0 Å². The van der Waals surface area contributed by atoms with Gasteiger partial charge < -0.3 is 15.6 Å². The van der Waals surface area contributed by atoms with Crippen molar-refractivity contribution in [2.75, 3.05) is 33.4 Å². The van der Waals surface area contributed by atoms with Crippen molar-refractivity contribution >= 4 is 0 Å². The summed E-state index contributed by atoms with van der Waals surface area (Å²) >= 11 is 0. The second-order valence-electron chi connectivity index (χ2n) is 3.88. The van der Waals surface area contributed by atoms with Gasteiger partial charge in [-0.3, -0.25) is 4.90 Å². The Morgan fingerprint density at radius 3 is 2.41 bits per heavy atom. The topological polar surface area (TPSA) is 58.7 Å². The molecule has 1 aromatic rings. The quantitative estimate of drug-likeness (QED) is 0.744. The Hall–Kier alpha value is -1.10. The van der Waals surface area contributed by atoms with E-state index in [1.54, 1.807) is 7.11 Å². The molecule has 0 fully saturated rings. The Bertz CT molecular complexity index is 314. The van der Waals surface area contributed by atoms with E-state index in [0.717, 1.165) is 17.9 Å². The Kier molecular flexibility index (Phi) is 5.97. The van der Waals surface area contributed by atoms with Crippen LogP contribution in [-0.4, -0.2) is 43.4 Å². The minimum Gasteiger partial charge on any atom is -0.497 e. The van der Waals surface area contributed by atoms with E-state index in [-0.39, 0.29) is 12.6 Å². The summed E-state index contributed by atoms with van der Waals surface area (Å²) in [7, 11) is 1.65. The van der Waals surface area contributed by atoms with E-state index in [4.69, 9.17) is 15.6 Å². The number of aliphatic hydroxyl groups excluding tert-OH is 1. The molecule has 0 aromatic heterocycles. The molecule has 4 heteroatoms. The molecule has 3 N–H and O–H groups in total. The second kappa shape index (κ2) is 7.27. The van der Waals surface area contributed by atoms with E-state index < -0.39 is 0 Å². The summed E-state index contributed by atoms with van der Waals surface area (Å²) < 4.78 is 5.13. The summed E-state index contributed by atoms with van der Waals surface area (Å²) in [6.07, 6.45) is 0. The van der Waals surface area contributed by atoms with Crippen molar-refractivity contribution in [3.05, 3.63) is 29.8 Å². The highest BCUT2D eigenvalue weighted by Crippen LogP contribution is 2.21. The van der Waals surface area contributed by atoms with Gasteiger partial charge in [0.05, 0.1) is 13.7 Å². The number of hydrogen-bond donors (Lipinski definition) is 2. The zero-order chi connectivity index (χ0) is 12.7. The lowest BCUT2D eigenvalue weighted by Crippen LogP contribution is -2.35. The van der Waals surface area contributed by atoms with E-state index in [9.17, 15) is 0 Å². The van der Waals surface area contributed by atoms with Gasteiger partial charge in [0.1, 0.15) is 5.75 Å². The van der Waals surface area contributed by atoms with Gasteiger partial charge in [0.2, 0.25) is 0 Å². The zero-order valence-corrected chi connectivity index (χ0v) is 10.6. The number of nitrogens with two attached hydrogens (primary N) is 1. The monoisotopic (exact) mass is 238 g/mol. The van der Waals surface area contributed by atoms with Crippen molar-refractivity contribution in [3.8, 4) is 5.75 Å². The number of rotatable bonds is 7. The van der Waals surface area contributed by atoms with Crippen molar-refractivity contribution in [1.82, 2.24) is 4.90 Å². The first-order valence-corrected chi connectivity index (χ1v) is 5.95. The van der Waals surface area contributed by atoms with Crippen LogP contribution in [-0.2, 0) is 0 Å². The van der Waals surface area contributed by atoms with Gasteiger partial charge in [-0.15, -0.1) is 0 Å². The molecule has 96 valence electrons. The average Bonchev–Trinajstić information content (AvgIpc) is 2.39. The third-order valence-corrected chi connectivity index (χ3v) is 2.96. The Morgan fingerprint density at radius 2 is 2.00 bits per heavy atom. The van der Waals surface area contributed by atoms with Gasteiger partial charge in [0.15, 0.2) is 0 Å². The maximum Gasteiger partial charge on any atom is 0.118 e. The minimum absolute atomic E-state index is 0.151. The van der Waals surface area contributed by atoms with Crippen LogP contribution in [0.25, 0.3) is 0 Å². The van der Waals surface area contributed by atoms with Gasteiger partial charge in [0.25, 0.3) is 0 Å². The van der Waals surface area contributed by atoms with Crippen LogP contribution in [0, 0.1) is 0 Å². The molecular formula is C13H22N2O2. The summed E-state index contributed by atoms with van der Waals surface area (Å²) in [5.74, 6) is 0.842. The van der Waals surface area contributed by atoms with Gasteiger partial charge in [-0.05, 0) is 24.2 Å². The third kappa shape index (κ3) is 3.70. The number of methoxy groups -OCH3 is 1.